The summed E-state index contributed by atoms with van der Waals surface area (Å²) >= 11 is 0. The summed E-state index contributed by atoms with van der Waals surface area (Å²) in [6.45, 7) is 1.77. The molecule has 1 rings (SSSR count). The number of aryl methyl sites for hydroxylation is 1. The molecule has 1 aromatic carbocycles. The molecule has 0 bridgehead atoms. The Bertz CT molecular complexity index is 417. The molecule has 0 spiro atoms. The van der Waals surface area contributed by atoms with E-state index in [1.165, 1.54) is 19.2 Å². The zero-order valence-electron chi connectivity index (χ0n) is 9.02. The van der Waals surface area contributed by atoms with Crippen molar-refractivity contribution < 1.29 is 14.5 Å². The van der Waals surface area contributed by atoms with Crippen LogP contribution in [-0.2, 0) is 9.53 Å². The molecule has 1 aromatic rings. The van der Waals surface area contributed by atoms with Crippen molar-refractivity contribution in [2.24, 2.45) is 0 Å². The van der Waals surface area contributed by atoms with Crippen LogP contribution in [0.2, 0.25) is 0 Å². The van der Waals surface area contributed by atoms with Crippen LogP contribution in [0.4, 0.5) is 11.4 Å². The molecule has 0 saturated heterocycles. The molecule has 86 valence electrons. The molecule has 0 aliphatic rings. The fourth-order valence-electron chi connectivity index (χ4n) is 1.20. The summed E-state index contributed by atoms with van der Waals surface area (Å²) in [7, 11) is 1.30. The summed E-state index contributed by atoms with van der Waals surface area (Å²) < 4.78 is 4.46. The minimum atomic E-state index is -0.461. The lowest BCUT2D eigenvalue weighted by Gasteiger charge is -2.07. The molecule has 0 aliphatic heterocycles. The fraction of sp³-hybridized carbons (Fsp3) is 0.300. The number of hydrogen-bond acceptors (Lipinski definition) is 5. The molecule has 0 radical (unpaired) electrons. The Hall–Kier alpha value is -2.11. The highest BCUT2D eigenvalue weighted by molar-refractivity contribution is 5.75. The monoisotopic (exact) mass is 224 g/mol. The van der Waals surface area contributed by atoms with Crippen LogP contribution in [0, 0.1) is 17.0 Å². The van der Waals surface area contributed by atoms with Gasteiger partial charge in [-0.25, -0.2) is 0 Å². The maximum atomic E-state index is 10.9. The van der Waals surface area contributed by atoms with Crippen LogP contribution in [0.5, 0.6) is 0 Å². The Labute approximate surface area is 92.4 Å². The molecule has 6 heteroatoms. The number of methoxy groups -OCH3 is 1. The average molecular weight is 224 g/mol. The lowest BCUT2D eigenvalue weighted by molar-refractivity contribution is -0.384. The van der Waals surface area contributed by atoms with E-state index < -0.39 is 10.9 Å². The Morgan fingerprint density at radius 2 is 2.25 bits per heavy atom. The number of nitro benzene ring substituents is 1. The number of anilines is 1. The van der Waals surface area contributed by atoms with Crippen LogP contribution in [0.25, 0.3) is 0 Å². The Balaban J connectivity index is 2.75. The first-order chi connectivity index (χ1) is 7.54. The minimum absolute atomic E-state index is 0.0288. The molecule has 16 heavy (non-hydrogen) atoms. The predicted octanol–water partition coefficient (Wildman–Crippen LogP) is 1.49. The van der Waals surface area contributed by atoms with Crippen molar-refractivity contribution in [2.75, 3.05) is 19.0 Å². The smallest absolute Gasteiger partial charge is 0.325 e. The molecular weight excluding hydrogens is 212 g/mol. The van der Waals surface area contributed by atoms with Crippen LogP contribution in [0.15, 0.2) is 18.2 Å². The quantitative estimate of drug-likeness (QED) is 0.476. The zero-order valence-corrected chi connectivity index (χ0v) is 9.02. The van der Waals surface area contributed by atoms with E-state index in [9.17, 15) is 14.9 Å². The van der Waals surface area contributed by atoms with Gasteiger partial charge in [0, 0.05) is 17.8 Å². The number of nitro groups is 1. The van der Waals surface area contributed by atoms with Gasteiger partial charge in [0.2, 0.25) is 0 Å². The van der Waals surface area contributed by atoms with E-state index in [2.05, 4.69) is 10.1 Å². The topological polar surface area (TPSA) is 81.5 Å². The normalized spacial score (nSPS) is 9.62. The lowest BCUT2D eigenvalue weighted by atomic mass is 10.2. The van der Waals surface area contributed by atoms with Crippen molar-refractivity contribution >= 4 is 17.3 Å². The molecule has 6 nitrogen and oxygen atoms in total. The van der Waals surface area contributed by atoms with Gasteiger partial charge < -0.3 is 10.1 Å². The first-order valence-corrected chi connectivity index (χ1v) is 4.60. The van der Waals surface area contributed by atoms with Crippen LogP contribution in [0.3, 0.4) is 0 Å². The van der Waals surface area contributed by atoms with Crippen molar-refractivity contribution in [3.8, 4) is 0 Å². The number of carbonyl (C=O) groups excluding carboxylic acids is 1. The van der Waals surface area contributed by atoms with Crippen LogP contribution >= 0.6 is 0 Å². The molecule has 0 atom stereocenters. The van der Waals surface area contributed by atoms with Crippen LogP contribution in [-0.4, -0.2) is 24.5 Å². The van der Waals surface area contributed by atoms with E-state index >= 15 is 0 Å². The second kappa shape index (κ2) is 5.11. The van der Waals surface area contributed by atoms with Gasteiger partial charge in [0.25, 0.3) is 5.69 Å². The fourth-order valence-corrected chi connectivity index (χ4v) is 1.20. The summed E-state index contributed by atoms with van der Waals surface area (Å²) in [5, 5.41) is 13.3. The van der Waals surface area contributed by atoms with E-state index in [1.54, 1.807) is 13.0 Å². The number of ether oxygens (including phenoxy) is 1. The standard InChI is InChI=1S/C10H12N2O4/c1-7-5-8(12(14)15)3-4-9(7)11-6-10(13)16-2/h3-5,11H,6H2,1-2H3. The SMILES string of the molecule is COC(=O)CNc1ccc([N+](=O)[O-])cc1C. The molecule has 0 aliphatic carbocycles. The second-order valence-corrected chi connectivity index (χ2v) is 3.19. The average Bonchev–Trinajstić information content (AvgIpc) is 2.26. The molecule has 0 fully saturated rings. The predicted molar refractivity (Wildman–Crippen MR) is 58.3 cm³/mol. The second-order valence-electron chi connectivity index (χ2n) is 3.19. The third-order valence-electron chi connectivity index (χ3n) is 2.07. The number of rotatable bonds is 4. The number of hydrogen-bond donors (Lipinski definition) is 1. The van der Waals surface area contributed by atoms with Crippen molar-refractivity contribution in [3.63, 3.8) is 0 Å². The molecule has 1 N–H and O–H groups in total. The maximum absolute atomic E-state index is 10.9. The number of nitrogens with one attached hydrogen (secondary N) is 1. The molecule has 0 amide bonds. The maximum Gasteiger partial charge on any atom is 0.325 e. The number of carbonyl (C=O) groups is 1. The first-order valence-electron chi connectivity index (χ1n) is 4.60. The number of non-ortho nitro benzene ring substituents is 1. The third kappa shape index (κ3) is 2.94. The van der Waals surface area contributed by atoms with Crippen LogP contribution in [0.1, 0.15) is 5.56 Å². The van der Waals surface area contributed by atoms with Gasteiger partial charge in [0.05, 0.1) is 12.0 Å². The van der Waals surface area contributed by atoms with E-state index in [4.69, 9.17) is 0 Å². The highest BCUT2D eigenvalue weighted by Crippen LogP contribution is 2.20. The van der Waals surface area contributed by atoms with E-state index in [-0.39, 0.29) is 12.2 Å². The minimum Gasteiger partial charge on any atom is -0.468 e. The molecular formula is C10H12N2O4. The number of esters is 1. The summed E-state index contributed by atoms with van der Waals surface area (Å²) in [4.78, 5) is 20.9. The van der Waals surface area contributed by atoms with E-state index in [0.717, 1.165) is 0 Å². The van der Waals surface area contributed by atoms with Crippen molar-refractivity contribution in [3.05, 3.63) is 33.9 Å². The third-order valence-corrected chi connectivity index (χ3v) is 2.07. The van der Waals surface area contributed by atoms with Crippen molar-refractivity contribution in [2.45, 2.75) is 6.92 Å². The summed E-state index contributed by atoms with van der Waals surface area (Å²) in [5.41, 5.74) is 1.41. The van der Waals surface area contributed by atoms with Crippen LogP contribution < -0.4 is 5.32 Å². The Morgan fingerprint density at radius 1 is 1.56 bits per heavy atom. The van der Waals surface area contributed by atoms with Crippen molar-refractivity contribution in [1.29, 1.82) is 0 Å². The summed E-state index contributed by atoms with van der Waals surface area (Å²) in [6, 6.07) is 4.39. The first kappa shape index (κ1) is 12.0. The van der Waals surface area contributed by atoms with Gasteiger partial charge in [0.15, 0.2) is 0 Å². The van der Waals surface area contributed by atoms with Gasteiger partial charge in [-0.1, -0.05) is 0 Å². The van der Waals surface area contributed by atoms with Gasteiger partial charge in [-0.3, -0.25) is 14.9 Å². The van der Waals surface area contributed by atoms with Gasteiger partial charge in [0.1, 0.15) is 6.54 Å². The largest absolute Gasteiger partial charge is 0.468 e. The van der Waals surface area contributed by atoms with Crippen molar-refractivity contribution in [1.82, 2.24) is 0 Å². The summed E-state index contributed by atoms with van der Waals surface area (Å²) in [6.07, 6.45) is 0. The molecule has 0 heterocycles. The van der Waals surface area contributed by atoms with Gasteiger partial charge in [-0.05, 0) is 18.6 Å². The molecule has 0 aromatic heterocycles. The van der Waals surface area contributed by atoms with E-state index in [1.807, 2.05) is 0 Å². The van der Waals surface area contributed by atoms with Gasteiger partial charge >= 0.3 is 5.97 Å². The highest BCUT2D eigenvalue weighted by Gasteiger charge is 2.08. The number of nitrogens with zero attached hydrogens (tertiary/aromatic N) is 1. The molecule has 0 unspecified atom stereocenters. The van der Waals surface area contributed by atoms with Gasteiger partial charge in [-0.15, -0.1) is 0 Å². The van der Waals surface area contributed by atoms with E-state index in [0.29, 0.717) is 11.3 Å². The summed E-state index contributed by atoms with van der Waals surface area (Å²) in [5.74, 6) is -0.391. The number of benzene rings is 1. The zero-order chi connectivity index (χ0) is 12.1. The highest BCUT2D eigenvalue weighted by atomic mass is 16.6. The Kier molecular flexibility index (Phi) is 3.82. The molecule has 0 saturated carbocycles. The van der Waals surface area contributed by atoms with Gasteiger partial charge in [-0.2, -0.15) is 0 Å². The lowest BCUT2D eigenvalue weighted by Crippen LogP contribution is -2.15. The Morgan fingerprint density at radius 3 is 2.75 bits per heavy atom.